The summed E-state index contributed by atoms with van der Waals surface area (Å²) in [5.41, 5.74) is -0.0621. The van der Waals surface area contributed by atoms with E-state index in [0.717, 1.165) is 32.4 Å². The molecule has 1 amide bonds. The van der Waals surface area contributed by atoms with E-state index in [0.29, 0.717) is 5.69 Å². The van der Waals surface area contributed by atoms with Crippen molar-refractivity contribution in [3.8, 4) is 0 Å². The van der Waals surface area contributed by atoms with Crippen LogP contribution in [0.15, 0.2) is 29.2 Å². The standard InChI is InChI=1S/C18H29N3O3S/c1-5-11-21-12-7-10-16(21)17(22)19-14-8-6-9-15(13-14)25(23,24)20-18(2,3)4/h6,8-9,13,16,20H,5,7,10-12H2,1-4H3,(H,19,22). The highest BCUT2D eigenvalue weighted by Gasteiger charge is 2.30. The van der Waals surface area contributed by atoms with Gasteiger partial charge in [-0.2, -0.15) is 0 Å². The fraction of sp³-hybridized carbons (Fsp3) is 0.611. The zero-order chi connectivity index (χ0) is 18.7. The van der Waals surface area contributed by atoms with Crippen molar-refractivity contribution in [3.05, 3.63) is 24.3 Å². The van der Waals surface area contributed by atoms with Gasteiger partial charge in [0, 0.05) is 11.2 Å². The molecule has 1 aliphatic heterocycles. The molecule has 1 unspecified atom stereocenters. The number of hydrogen-bond donors (Lipinski definition) is 2. The van der Waals surface area contributed by atoms with Crippen molar-refractivity contribution in [3.63, 3.8) is 0 Å². The van der Waals surface area contributed by atoms with Gasteiger partial charge in [-0.3, -0.25) is 9.69 Å². The molecule has 1 fully saturated rings. The first-order valence-corrected chi connectivity index (χ1v) is 10.3. The average Bonchev–Trinajstić information content (AvgIpc) is 2.94. The Bertz CT molecular complexity index is 711. The van der Waals surface area contributed by atoms with Crippen molar-refractivity contribution < 1.29 is 13.2 Å². The van der Waals surface area contributed by atoms with E-state index >= 15 is 0 Å². The Hall–Kier alpha value is -1.44. The zero-order valence-corrected chi connectivity index (χ0v) is 16.3. The molecule has 2 N–H and O–H groups in total. The lowest BCUT2D eigenvalue weighted by atomic mass is 10.1. The first-order valence-electron chi connectivity index (χ1n) is 8.81. The smallest absolute Gasteiger partial charge is 0.241 e. The summed E-state index contributed by atoms with van der Waals surface area (Å²) < 4.78 is 27.5. The maximum absolute atomic E-state index is 12.6. The molecule has 0 bridgehead atoms. The third-order valence-corrected chi connectivity index (χ3v) is 5.79. The fourth-order valence-corrected chi connectivity index (χ4v) is 4.57. The van der Waals surface area contributed by atoms with Gasteiger partial charge in [0.25, 0.3) is 0 Å². The molecular weight excluding hydrogens is 338 g/mol. The third kappa shape index (κ3) is 5.52. The summed E-state index contributed by atoms with van der Waals surface area (Å²) in [5, 5.41) is 2.87. The second-order valence-corrected chi connectivity index (χ2v) is 9.25. The van der Waals surface area contributed by atoms with E-state index < -0.39 is 15.6 Å². The minimum absolute atomic E-state index is 0.0655. The molecule has 7 heteroatoms. The Kier molecular flexibility index (Phi) is 6.24. The van der Waals surface area contributed by atoms with Gasteiger partial charge in [-0.15, -0.1) is 0 Å². The molecule has 0 aliphatic carbocycles. The molecule has 0 saturated carbocycles. The predicted molar refractivity (Wildman–Crippen MR) is 100 cm³/mol. The van der Waals surface area contributed by atoms with Crippen molar-refractivity contribution in [2.75, 3.05) is 18.4 Å². The van der Waals surface area contributed by atoms with Crippen molar-refractivity contribution in [2.45, 2.75) is 63.4 Å². The molecular formula is C18H29N3O3S. The van der Waals surface area contributed by atoms with E-state index in [1.165, 1.54) is 12.1 Å². The average molecular weight is 368 g/mol. The summed E-state index contributed by atoms with van der Waals surface area (Å²) in [5.74, 6) is -0.0655. The highest BCUT2D eigenvalue weighted by molar-refractivity contribution is 7.89. The van der Waals surface area contributed by atoms with Crippen LogP contribution < -0.4 is 10.0 Å². The molecule has 2 rings (SSSR count). The van der Waals surface area contributed by atoms with Crippen LogP contribution in [0.25, 0.3) is 0 Å². The lowest BCUT2D eigenvalue weighted by Gasteiger charge is -2.23. The summed E-state index contributed by atoms with van der Waals surface area (Å²) >= 11 is 0. The van der Waals surface area contributed by atoms with E-state index in [9.17, 15) is 13.2 Å². The van der Waals surface area contributed by atoms with Gasteiger partial charge in [0.05, 0.1) is 10.9 Å². The van der Waals surface area contributed by atoms with Gasteiger partial charge >= 0.3 is 0 Å². The first-order chi connectivity index (χ1) is 11.6. The molecule has 1 aliphatic rings. The number of rotatable bonds is 6. The number of nitrogens with zero attached hydrogens (tertiary/aromatic N) is 1. The molecule has 25 heavy (non-hydrogen) atoms. The zero-order valence-electron chi connectivity index (χ0n) is 15.5. The van der Waals surface area contributed by atoms with Crippen LogP contribution in [0.5, 0.6) is 0 Å². The van der Waals surface area contributed by atoms with Gasteiger partial charge in [0.2, 0.25) is 15.9 Å². The number of hydrogen-bond acceptors (Lipinski definition) is 4. The predicted octanol–water partition coefficient (Wildman–Crippen LogP) is 2.58. The second kappa shape index (κ2) is 7.85. The number of anilines is 1. The van der Waals surface area contributed by atoms with Crippen molar-refractivity contribution >= 4 is 21.6 Å². The number of carbonyl (C=O) groups excluding carboxylic acids is 1. The molecule has 0 aromatic heterocycles. The molecule has 1 heterocycles. The minimum Gasteiger partial charge on any atom is -0.325 e. The SMILES string of the molecule is CCCN1CCCC1C(=O)Nc1cccc(S(=O)(=O)NC(C)(C)C)c1. The Morgan fingerprint density at radius 3 is 2.68 bits per heavy atom. The molecule has 1 aromatic rings. The normalized spacial score (nSPS) is 19.1. The molecule has 0 spiro atoms. The lowest BCUT2D eigenvalue weighted by molar-refractivity contribution is -0.120. The quantitative estimate of drug-likeness (QED) is 0.810. The highest BCUT2D eigenvalue weighted by Crippen LogP contribution is 2.21. The first kappa shape index (κ1) is 19.9. The van der Waals surface area contributed by atoms with Crippen molar-refractivity contribution in [1.29, 1.82) is 0 Å². The Morgan fingerprint density at radius 1 is 1.32 bits per heavy atom. The Labute approximate surface area is 151 Å². The summed E-state index contributed by atoms with van der Waals surface area (Å²) in [7, 11) is -3.63. The van der Waals surface area contributed by atoms with Crippen LogP contribution in [0.3, 0.4) is 0 Å². The summed E-state index contributed by atoms with van der Waals surface area (Å²) in [6.07, 6.45) is 2.87. The number of amides is 1. The number of likely N-dealkylation sites (tertiary alicyclic amines) is 1. The van der Waals surface area contributed by atoms with E-state index in [1.54, 1.807) is 32.9 Å². The van der Waals surface area contributed by atoms with Crippen molar-refractivity contribution in [1.82, 2.24) is 9.62 Å². The second-order valence-electron chi connectivity index (χ2n) is 7.57. The molecule has 140 valence electrons. The van der Waals surface area contributed by atoms with Crippen LogP contribution in [0, 0.1) is 0 Å². The Morgan fingerprint density at radius 2 is 2.04 bits per heavy atom. The van der Waals surface area contributed by atoms with Crippen LogP contribution >= 0.6 is 0 Å². The van der Waals surface area contributed by atoms with E-state index in [1.807, 2.05) is 0 Å². The monoisotopic (exact) mass is 367 g/mol. The maximum Gasteiger partial charge on any atom is 0.241 e. The van der Waals surface area contributed by atoms with Crippen LogP contribution in [0.1, 0.15) is 47.0 Å². The van der Waals surface area contributed by atoms with Gasteiger partial charge in [-0.25, -0.2) is 13.1 Å². The molecule has 1 saturated heterocycles. The van der Waals surface area contributed by atoms with Gasteiger partial charge < -0.3 is 5.32 Å². The Balaban J connectivity index is 2.12. The summed E-state index contributed by atoms with van der Waals surface area (Å²) in [4.78, 5) is 14.9. The number of nitrogens with one attached hydrogen (secondary N) is 2. The third-order valence-electron chi connectivity index (χ3n) is 4.03. The van der Waals surface area contributed by atoms with Crippen LogP contribution in [0.2, 0.25) is 0 Å². The van der Waals surface area contributed by atoms with Gasteiger partial charge in [-0.1, -0.05) is 13.0 Å². The maximum atomic E-state index is 12.6. The molecule has 0 radical (unpaired) electrons. The summed E-state index contributed by atoms with van der Waals surface area (Å²) in [6.45, 7) is 9.32. The topological polar surface area (TPSA) is 78.5 Å². The fourth-order valence-electron chi connectivity index (χ4n) is 3.11. The van der Waals surface area contributed by atoms with Gasteiger partial charge in [0.1, 0.15) is 0 Å². The molecule has 1 aromatic carbocycles. The molecule has 1 atom stereocenters. The minimum atomic E-state index is -3.63. The van der Waals surface area contributed by atoms with Gasteiger partial charge in [0.15, 0.2) is 0 Å². The van der Waals surface area contributed by atoms with Crippen LogP contribution in [-0.4, -0.2) is 43.9 Å². The molecule has 6 nitrogen and oxygen atoms in total. The summed E-state index contributed by atoms with van der Waals surface area (Å²) in [6, 6.07) is 6.26. The van der Waals surface area contributed by atoms with Crippen molar-refractivity contribution in [2.24, 2.45) is 0 Å². The number of sulfonamides is 1. The number of benzene rings is 1. The largest absolute Gasteiger partial charge is 0.325 e. The van der Waals surface area contributed by atoms with Crippen LogP contribution in [0.4, 0.5) is 5.69 Å². The van der Waals surface area contributed by atoms with E-state index in [-0.39, 0.29) is 16.8 Å². The highest BCUT2D eigenvalue weighted by atomic mass is 32.2. The van der Waals surface area contributed by atoms with E-state index in [2.05, 4.69) is 21.9 Å². The lowest BCUT2D eigenvalue weighted by Crippen LogP contribution is -2.40. The van der Waals surface area contributed by atoms with E-state index in [4.69, 9.17) is 0 Å². The van der Waals surface area contributed by atoms with Gasteiger partial charge in [-0.05, 0) is 71.3 Å². The van der Waals surface area contributed by atoms with Crippen LogP contribution in [-0.2, 0) is 14.8 Å². The number of carbonyl (C=O) groups is 1.